The summed E-state index contributed by atoms with van der Waals surface area (Å²) in [5, 5.41) is 32.0. The average molecular weight is 282 g/mol. The Balaban J connectivity index is 3.00. The van der Waals surface area contributed by atoms with Gasteiger partial charge in [0.25, 0.3) is 5.69 Å². The molecule has 0 fully saturated rings. The zero-order valence-electron chi connectivity index (χ0n) is 11.4. The molecule has 0 spiro atoms. The lowest BCUT2D eigenvalue weighted by atomic mass is 10.0. The van der Waals surface area contributed by atoms with Crippen LogP contribution in [0, 0.1) is 16.0 Å². The molecule has 0 aliphatic heterocycles. The van der Waals surface area contributed by atoms with E-state index in [1.165, 1.54) is 12.1 Å². The van der Waals surface area contributed by atoms with Crippen LogP contribution in [-0.4, -0.2) is 33.8 Å². The smallest absolute Gasteiger partial charge is 0.342 e. The minimum atomic E-state index is -1.36. The summed E-state index contributed by atoms with van der Waals surface area (Å²) in [5.74, 6) is -0.999. The first-order chi connectivity index (χ1) is 9.35. The summed E-state index contributed by atoms with van der Waals surface area (Å²) in [6.07, 6.45) is 0.704. The maximum absolute atomic E-state index is 11.0. The van der Waals surface area contributed by atoms with Gasteiger partial charge in [0.05, 0.1) is 11.5 Å². The van der Waals surface area contributed by atoms with E-state index in [2.05, 4.69) is 5.32 Å². The minimum absolute atomic E-state index is 0.0996. The first-order valence-electron chi connectivity index (χ1n) is 6.24. The Morgan fingerprint density at radius 3 is 2.55 bits per heavy atom. The maximum Gasteiger partial charge on any atom is 0.342 e. The van der Waals surface area contributed by atoms with Gasteiger partial charge in [-0.25, -0.2) is 4.79 Å². The van der Waals surface area contributed by atoms with Crippen LogP contribution in [-0.2, 0) is 0 Å². The van der Waals surface area contributed by atoms with Crippen LogP contribution in [0.1, 0.15) is 30.6 Å². The molecule has 3 N–H and O–H groups in total. The van der Waals surface area contributed by atoms with Crippen LogP contribution in [0.2, 0.25) is 0 Å². The van der Waals surface area contributed by atoms with E-state index >= 15 is 0 Å². The van der Waals surface area contributed by atoms with E-state index in [0.717, 1.165) is 6.07 Å². The average Bonchev–Trinajstić information content (AvgIpc) is 2.36. The van der Waals surface area contributed by atoms with Crippen LogP contribution in [0.5, 0.6) is 0 Å². The van der Waals surface area contributed by atoms with Gasteiger partial charge in [0.1, 0.15) is 5.56 Å². The minimum Gasteiger partial charge on any atom is -0.477 e. The van der Waals surface area contributed by atoms with E-state index in [4.69, 9.17) is 5.11 Å². The Labute approximate surface area is 116 Å². The van der Waals surface area contributed by atoms with E-state index < -0.39 is 16.6 Å². The fraction of sp³-hybridized carbons (Fsp3) is 0.462. The Morgan fingerprint density at radius 1 is 1.45 bits per heavy atom. The van der Waals surface area contributed by atoms with Crippen molar-refractivity contribution in [3.05, 3.63) is 33.9 Å². The van der Waals surface area contributed by atoms with E-state index in [1.807, 2.05) is 13.8 Å². The van der Waals surface area contributed by atoms with Gasteiger partial charge in [-0.1, -0.05) is 13.8 Å². The third-order valence-electron chi connectivity index (χ3n) is 2.77. The molecular formula is C13H18N2O5. The van der Waals surface area contributed by atoms with Crippen molar-refractivity contribution >= 4 is 17.3 Å². The lowest BCUT2D eigenvalue weighted by Crippen LogP contribution is -2.25. The van der Waals surface area contributed by atoms with Crippen LogP contribution in [0.15, 0.2) is 18.2 Å². The topological polar surface area (TPSA) is 113 Å². The molecule has 110 valence electrons. The van der Waals surface area contributed by atoms with Gasteiger partial charge in [-0.15, -0.1) is 0 Å². The molecule has 0 amide bonds. The van der Waals surface area contributed by atoms with Crippen LogP contribution in [0.4, 0.5) is 11.4 Å². The van der Waals surface area contributed by atoms with E-state index in [0.29, 0.717) is 18.0 Å². The third-order valence-corrected chi connectivity index (χ3v) is 2.77. The Morgan fingerprint density at radius 2 is 2.10 bits per heavy atom. The van der Waals surface area contributed by atoms with Crippen molar-refractivity contribution in [2.75, 3.05) is 11.9 Å². The van der Waals surface area contributed by atoms with E-state index in [1.54, 1.807) is 0 Å². The molecule has 0 saturated carbocycles. The van der Waals surface area contributed by atoms with Crippen LogP contribution in [0.3, 0.4) is 0 Å². The number of benzene rings is 1. The Kier molecular flexibility index (Phi) is 5.45. The molecule has 0 saturated heterocycles. The number of carboxylic acids is 1. The van der Waals surface area contributed by atoms with Crippen LogP contribution in [0.25, 0.3) is 0 Å². The van der Waals surface area contributed by atoms with Gasteiger partial charge in [-0.05, 0) is 24.5 Å². The number of hydrogen-bond donors (Lipinski definition) is 3. The zero-order valence-corrected chi connectivity index (χ0v) is 11.4. The van der Waals surface area contributed by atoms with Crippen molar-refractivity contribution in [1.82, 2.24) is 0 Å². The molecule has 20 heavy (non-hydrogen) atoms. The fourth-order valence-electron chi connectivity index (χ4n) is 1.94. The van der Waals surface area contributed by atoms with Crippen molar-refractivity contribution < 1.29 is 19.9 Å². The SMILES string of the molecule is CC(C)CC(CO)Nc1ccc([N+](=O)[O-])c(C(=O)O)c1. The number of aliphatic hydroxyl groups excluding tert-OH is 1. The summed E-state index contributed by atoms with van der Waals surface area (Å²) < 4.78 is 0. The molecule has 7 heteroatoms. The summed E-state index contributed by atoms with van der Waals surface area (Å²) in [6.45, 7) is 3.91. The zero-order chi connectivity index (χ0) is 15.3. The Bertz CT molecular complexity index is 502. The molecule has 7 nitrogen and oxygen atoms in total. The number of carboxylic acid groups (broad SMARTS) is 1. The highest BCUT2D eigenvalue weighted by Gasteiger charge is 2.20. The van der Waals surface area contributed by atoms with Crippen molar-refractivity contribution in [1.29, 1.82) is 0 Å². The fourth-order valence-corrected chi connectivity index (χ4v) is 1.94. The number of aromatic carboxylic acids is 1. The second kappa shape index (κ2) is 6.85. The van der Waals surface area contributed by atoms with Gasteiger partial charge in [0, 0.05) is 17.8 Å². The van der Waals surface area contributed by atoms with Gasteiger partial charge >= 0.3 is 5.97 Å². The molecule has 0 bridgehead atoms. The van der Waals surface area contributed by atoms with Crippen LogP contribution >= 0.6 is 0 Å². The number of nitro benzene ring substituents is 1. The van der Waals surface area contributed by atoms with Crippen molar-refractivity contribution in [2.24, 2.45) is 5.92 Å². The first kappa shape index (κ1) is 15.9. The van der Waals surface area contributed by atoms with Gasteiger partial charge in [-0.3, -0.25) is 10.1 Å². The third kappa shape index (κ3) is 4.20. The molecule has 0 aliphatic carbocycles. The summed E-state index contributed by atoms with van der Waals surface area (Å²) >= 11 is 0. The summed E-state index contributed by atoms with van der Waals surface area (Å²) in [7, 11) is 0. The van der Waals surface area contributed by atoms with Crippen molar-refractivity contribution in [3.63, 3.8) is 0 Å². The molecule has 1 rings (SSSR count). The molecular weight excluding hydrogens is 264 g/mol. The number of hydrogen-bond acceptors (Lipinski definition) is 5. The lowest BCUT2D eigenvalue weighted by Gasteiger charge is -2.19. The first-order valence-corrected chi connectivity index (χ1v) is 6.24. The number of nitrogens with zero attached hydrogens (tertiary/aromatic N) is 1. The normalized spacial score (nSPS) is 12.2. The molecule has 0 radical (unpaired) electrons. The monoisotopic (exact) mass is 282 g/mol. The maximum atomic E-state index is 11.0. The Hall–Kier alpha value is -2.15. The molecule has 0 aromatic heterocycles. The summed E-state index contributed by atoms with van der Waals surface area (Å²) in [6, 6.07) is 3.57. The molecule has 1 unspecified atom stereocenters. The second-order valence-corrected chi connectivity index (χ2v) is 4.95. The standard InChI is InChI=1S/C13H18N2O5/c1-8(2)5-10(7-16)14-9-3-4-12(15(19)20)11(6-9)13(17)18/h3-4,6,8,10,14,16H,5,7H2,1-2H3,(H,17,18). The van der Waals surface area contributed by atoms with Gasteiger partial charge < -0.3 is 15.5 Å². The van der Waals surface area contributed by atoms with Crippen LogP contribution < -0.4 is 5.32 Å². The number of nitro groups is 1. The second-order valence-electron chi connectivity index (χ2n) is 4.95. The largest absolute Gasteiger partial charge is 0.477 e. The number of aliphatic hydroxyl groups is 1. The molecule has 1 aromatic rings. The summed E-state index contributed by atoms with van der Waals surface area (Å²) in [4.78, 5) is 21.0. The molecule has 0 aliphatic rings. The predicted molar refractivity (Wildman–Crippen MR) is 74.0 cm³/mol. The van der Waals surface area contributed by atoms with Crippen molar-refractivity contribution in [3.8, 4) is 0 Å². The quantitative estimate of drug-likeness (QED) is 0.521. The summed E-state index contributed by atoms with van der Waals surface area (Å²) in [5.41, 5.74) is -0.388. The number of rotatable bonds is 7. The number of carbonyl (C=O) groups is 1. The van der Waals surface area contributed by atoms with Crippen molar-refractivity contribution in [2.45, 2.75) is 26.3 Å². The highest BCUT2D eigenvalue weighted by atomic mass is 16.6. The van der Waals surface area contributed by atoms with E-state index in [9.17, 15) is 20.0 Å². The predicted octanol–water partition coefficient (Wildman–Crippen LogP) is 2.11. The van der Waals surface area contributed by atoms with Gasteiger partial charge in [0.15, 0.2) is 0 Å². The number of anilines is 1. The van der Waals surface area contributed by atoms with Gasteiger partial charge in [0.2, 0.25) is 0 Å². The van der Waals surface area contributed by atoms with Gasteiger partial charge in [-0.2, -0.15) is 0 Å². The molecule has 1 aromatic carbocycles. The highest BCUT2D eigenvalue weighted by molar-refractivity contribution is 5.93. The number of nitrogens with one attached hydrogen (secondary N) is 1. The van der Waals surface area contributed by atoms with E-state index in [-0.39, 0.29) is 18.2 Å². The lowest BCUT2D eigenvalue weighted by molar-refractivity contribution is -0.385. The molecule has 0 heterocycles. The highest BCUT2D eigenvalue weighted by Crippen LogP contribution is 2.23. The molecule has 1 atom stereocenters.